The molecule has 0 bridgehead atoms. The molecule has 0 atom stereocenters. The van der Waals surface area contributed by atoms with Gasteiger partial charge in [-0.15, -0.1) is 0 Å². The number of hydrogen-bond donors (Lipinski definition) is 1. The molecule has 0 aliphatic heterocycles. The average molecular weight is 286 g/mol. The third-order valence-electron chi connectivity index (χ3n) is 3.84. The SMILES string of the molecule is Cc1cc(F)ccc1CN(Cc1ccccc1N)C(C)C. The molecule has 0 fully saturated rings. The van der Waals surface area contributed by atoms with Gasteiger partial charge in [0, 0.05) is 24.8 Å². The highest BCUT2D eigenvalue weighted by Gasteiger charge is 2.13. The minimum atomic E-state index is -0.181. The molecule has 2 aromatic rings. The second kappa shape index (κ2) is 6.72. The minimum absolute atomic E-state index is 0.181. The van der Waals surface area contributed by atoms with E-state index >= 15 is 0 Å². The summed E-state index contributed by atoms with van der Waals surface area (Å²) >= 11 is 0. The molecule has 2 aromatic carbocycles. The Morgan fingerprint density at radius 1 is 1.05 bits per heavy atom. The summed E-state index contributed by atoms with van der Waals surface area (Å²) in [5.41, 5.74) is 10.1. The van der Waals surface area contributed by atoms with E-state index in [9.17, 15) is 4.39 Å². The van der Waals surface area contributed by atoms with Gasteiger partial charge in [0.05, 0.1) is 0 Å². The van der Waals surface area contributed by atoms with Crippen molar-refractivity contribution in [2.24, 2.45) is 0 Å². The van der Waals surface area contributed by atoms with Crippen LogP contribution in [-0.2, 0) is 13.1 Å². The molecule has 2 nitrogen and oxygen atoms in total. The summed E-state index contributed by atoms with van der Waals surface area (Å²) in [5, 5.41) is 0. The van der Waals surface area contributed by atoms with Crippen molar-refractivity contribution in [2.45, 2.75) is 39.9 Å². The van der Waals surface area contributed by atoms with Crippen LogP contribution >= 0.6 is 0 Å². The van der Waals surface area contributed by atoms with E-state index < -0.39 is 0 Å². The van der Waals surface area contributed by atoms with Gasteiger partial charge in [0.2, 0.25) is 0 Å². The van der Waals surface area contributed by atoms with Crippen LogP contribution < -0.4 is 5.73 Å². The molecule has 21 heavy (non-hydrogen) atoms. The maximum atomic E-state index is 13.2. The molecule has 0 saturated heterocycles. The first-order chi connectivity index (χ1) is 9.97. The highest BCUT2D eigenvalue weighted by atomic mass is 19.1. The summed E-state index contributed by atoms with van der Waals surface area (Å²) in [4.78, 5) is 2.34. The van der Waals surface area contributed by atoms with Gasteiger partial charge in [-0.2, -0.15) is 0 Å². The molecule has 0 saturated carbocycles. The van der Waals surface area contributed by atoms with Crippen LogP contribution in [-0.4, -0.2) is 10.9 Å². The van der Waals surface area contributed by atoms with E-state index in [1.165, 1.54) is 6.07 Å². The van der Waals surface area contributed by atoms with E-state index in [0.29, 0.717) is 6.04 Å². The van der Waals surface area contributed by atoms with E-state index in [2.05, 4.69) is 24.8 Å². The van der Waals surface area contributed by atoms with Crippen molar-refractivity contribution in [3.05, 3.63) is 65.0 Å². The fraction of sp³-hybridized carbons (Fsp3) is 0.333. The van der Waals surface area contributed by atoms with E-state index in [-0.39, 0.29) is 5.82 Å². The minimum Gasteiger partial charge on any atom is -0.398 e. The van der Waals surface area contributed by atoms with Crippen molar-refractivity contribution >= 4 is 5.69 Å². The number of nitrogens with zero attached hydrogens (tertiary/aromatic N) is 1. The summed E-state index contributed by atoms with van der Waals surface area (Å²) in [6.07, 6.45) is 0. The quantitative estimate of drug-likeness (QED) is 0.837. The fourth-order valence-electron chi connectivity index (χ4n) is 2.37. The molecule has 0 aliphatic carbocycles. The van der Waals surface area contributed by atoms with E-state index in [1.807, 2.05) is 31.2 Å². The number of para-hydroxylation sites is 1. The lowest BCUT2D eigenvalue weighted by Gasteiger charge is -2.28. The summed E-state index contributed by atoms with van der Waals surface area (Å²) < 4.78 is 13.2. The third-order valence-corrected chi connectivity index (χ3v) is 3.84. The number of benzene rings is 2. The summed E-state index contributed by atoms with van der Waals surface area (Å²) in [7, 11) is 0. The van der Waals surface area contributed by atoms with Gasteiger partial charge in [-0.05, 0) is 55.7 Å². The maximum absolute atomic E-state index is 13.2. The van der Waals surface area contributed by atoms with Gasteiger partial charge in [0.25, 0.3) is 0 Å². The van der Waals surface area contributed by atoms with Crippen molar-refractivity contribution in [3.63, 3.8) is 0 Å². The predicted octanol–water partition coefficient (Wildman–Crippen LogP) is 4.13. The molecule has 0 radical (unpaired) electrons. The molecule has 0 heterocycles. The Morgan fingerprint density at radius 3 is 2.33 bits per heavy atom. The first-order valence-corrected chi connectivity index (χ1v) is 7.30. The second-order valence-electron chi connectivity index (χ2n) is 5.77. The average Bonchev–Trinajstić information content (AvgIpc) is 2.42. The monoisotopic (exact) mass is 286 g/mol. The zero-order valence-electron chi connectivity index (χ0n) is 12.9. The van der Waals surface area contributed by atoms with Crippen molar-refractivity contribution in [1.82, 2.24) is 4.90 Å². The standard InChI is InChI=1S/C18H23FN2/c1-13(2)21(12-16-6-4-5-7-18(16)20)11-15-8-9-17(19)10-14(15)3/h4-10,13H,11-12,20H2,1-3H3. The number of nitrogen functional groups attached to an aromatic ring is 1. The molecule has 2 rings (SSSR count). The van der Waals surface area contributed by atoms with Crippen LogP contribution in [0.25, 0.3) is 0 Å². The van der Waals surface area contributed by atoms with Gasteiger partial charge in [0.1, 0.15) is 5.82 Å². The number of aryl methyl sites for hydroxylation is 1. The molecular weight excluding hydrogens is 263 g/mol. The van der Waals surface area contributed by atoms with Crippen LogP contribution in [0.4, 0.5) is 10.1 Å². The van der Waals surface area contributed by atoms with Crippen LogP contribution in [0.5, 0.6) is 0 Å². The fourth-order valence-corrected chi connectivity index (χ4v) is 2.37. The molecule has 3 heteroatoms. The summed E-state index contributed by atoms with van der Waals surface area (Å²) in [6.45, 7) is 7.86. The number of nitrogens with two attached hydrogens (primary N) is 1. The van der Waals surface area contributed by atoms with Gasteiger partial charge in [-0.25, -0.2) is 4.39 Å². The summed E-state index contributed by atoms with van der Waals surface area (Å²) in [6, 6.07) is 13.3. The lowest BCUT2D eigenvalue weighted by Crippen LogP contribution is -2.30. The van der Waals surface area contributed by atoms with Gasteiger partial charge in [-0.1, -0.05) is 24.3 Å². The van der Waals surface area contributed by atoms with E-state index in [0.717, 1.165) is 35.5 Å². The van der Waals surface area contributed by atoms with Crippen LogP contribution in [0.2, 0.25) is 0 Å². The Labute approximate surface area is 126 Å². The smallest absolute Gasteiger partial charge is 0.123 e. The molecule has 0 aromatic heterocycles. The largest absolute Gasteiger partial charge is 0.398 e. The Kier molecular flexibility index (Phi) is 4.97. The molecule has 0 unspecified atom stereocenters. The number of anilines is 1. The molecule has 0 amide bonds. The van der Waals surface area contributed by atoms with Gasteiger partial charge in [0.15, 0.2) is 0 Å². The Hall–Kier alpha value is -1.87. The molecule has 0 aliphatic rings. The van der Waals surface area contributed by atoms with Crippen LogP contribution in [0.3, 0.4) is 0 Å². The van der Waals surface area contributed by atoms with Gasteiger partial charge in [-0.3, -0.25) is 4.90 Å². The van der Waals surface area contributed by atoms with Gasteiger partial charge < -0.3 is 5.73 Å². The molecular formula is C18H23FN2. The first kappa shape index (κ1) is 15.5. The van der Waals surface area contributed by atoms with E-state index in [4.69, 9.17) is 5.73 Å². The second-order valence-corrected chi connectivity index (χ2v) is 5.77. The van der Waals surface area contributed by atoms with Crippen molar-refractivity contribution in [1.29, 1.82) is 0 Å². The Balaban J connectivity index is 2.18. The Bertz CT molecular complexity index is 608. The molecule has 112 valence electrons. The normalized spacial score (nSPS) is 11.3. The van der Waals surface area contributed by atoms with Crippen LogP contribution in [0.15, 0.2) is 42.5 Å². The zero-order chi connectivity index (χ0) is 15.4. The lowest BCUT2D eigenvalue weighted by molar-refractivity contribution is 0.203. The Morgan fingerprint density at radius 2 is 1.71 bits per heavy atom. The van der Waals surface area contributed by atoms with E-state index in [1.54, 1.807) is 6.07 Å². The van der Waals surface area contributed by atoms with Crippen LogP contribution in [0, 0.1) is 12.7 Å². The topological polar surface area (TPSA) is 29.3 Å². The third kappa shape index (κ3) is 4.05. The number of halogens is 1. The summed E-state index contributed by atoms with van der Waals surface area (Å²) in [5.74, 6) is -0.181. The molecule has 2 N–H and O–H groups in total. The number of hydrogen-bond acceptors (Lipinski definition) is 2. The van der Waals surface area contributed by atoms with Crippen molar-refractivity contribution in [3.8, 4) is 0 Å². The van der Waals surface area contributed by atoms with Crippen molar-refractivity contribution in [2.75, 3.05) is 5.73 Å². The lowest BCUT2D eigenvalue weighted by atomic mass is 10.1. The predicted molar refractivity (Wildman–Crippen MR) is 86.4 cm³/mol. The van der Waals surface area contributed by atoms with Gasteiger partial charge >= 0.3 is 0 Å². The first-order valence-electron chi connectivity index (χ1n) is 7.30. The highest BCUT2D eigenvalue weighted by molar-refractivity contribution is 5.46. The zero-order valence-corrected chi connectivity index (χ0v) is 12.9. The van der Waals surface area contributed by atoms with Crippen molar-refractivity contribution < 1.29 is 4.39 Å². The molecule has 0 spiro atoms. The highest BCUT2D eigenvalue weighted by Crippen LogP contribution is 2.19. The maximum Gasteiger partial charge on any atom is 0.123 e. The number of rotatable bonds is 5. The van der Waals surface area contributed by atoms with Crippen LogP contribution in [0.1, 0.15) is 30.5 Å².